The number of Topliss-reactive ketones (excluding diaryl/α,β-unsaturated/α-hetero) is 1. The number of amides is 1. The lowest BCUT2D eigenvalue weighted by molar-refractivity contribution is -0.147. The minimum absolute atomic E-state index is 0.154. The first-order chi connectivity index (χ1) is 13.1. The second-order valence-electron chi connectivity index (χ2n) is 6.41. The van der Waals surface area contributed by atoms with Gasteiger partial charge in [0.2, 0.25) is 0 Å². The van der Waals surface area contributed by atoms with Crippen molar-refractivity contribution < 1.29 is 19.1 Å². The number of hydrogen-bond acceptors (Lipinski definition) is 4. The molecule has 3 rings (SSSR count). The molecule has 1 amide bonds. The molecule has 0 fully saturated rings. The Labute approximate surface area is 158 Å². The normalized spacial score (nSPS) is 15.8. The first kappa shape index (κ1) is 18.6. The maximum atomic E-state index is 12.2. The van der Waals surface area contributed by atoms with E-state index in [4.69, 9.17) is 4.74 Å². The van der Waals surface area contributed by atoms with E-state index in [0.717, 1.165) is 12.8 Å². The molecule has 2 aromatic carbocycles. The molecule has 2 aromatic rings. The Hall–Kier alpha value is -3.21. The second-order valence-corrected chi connectivity index (χ2v) is 6.41. The summed E-state index contributed by atoms with van der Waals surface area (Å²) in [4.78, 5) is 36.3. The Morgan fingerprint density at radius 1 is 0.926 bits per heavy atom. The first-order valence-electron chi connectivity index (χ1n) is 8.95. The van der Waals surface area contributed by atoms with E-state index < -0.39 is 0 Å². The summed E-state index contributed by atoms with van der Waals surface area (Å²) >= 11 is 0. The van der Waals surface area contributed by atoms with Crippen LogP contribution in [0.1, 0.15) is 40.0 Å². The standard InChI is InChI=1S/C22H21NO4/c24-20(15-27-22(26)18-9-5-2-6-10-18)16-11-13-19(14-12-16)23-21(25)17-7-3-1-4-8-17/h1-5,7-8,11-14,18H,6,9-10,15H2,(H,23,25)/t18-/m0/s1. The van der Waals surface area contributed by atoms with E-state index in [2.05, 4.69) is 5.32 Å². The van der Waals surface area contributed by atoms with Crippen LogP contribution in [-0.4, -0.2) is 24.3 Å². The topological polar surface area (TPSA) is 72.5 Å². The van der Waals surface area contributed by atoms with Gasteiger partial charge in [0.15, 0.2) is 12.4 Å². The molecule has 27 heavy (non-hydrogen) atoms. The maximum Gasteiger partial charge on any atom is 0.309 e. The second kappa shape index (κ2) is 8.94. The van der Waals surface area contributed by atoms with Crippen molar-refractivity contribution in [2.45, 2.75) is 19.3 Å². The molecule has 0 spiro atoms. The van der Waals surface area contributed by atoms with Crippen LogP contribution in [0.3, 0.4) is 0 Å². The summed E-state index contributed by atoms with van der Waals surface area (Å²) in [6.07, 6.45) is 6.32. The van der Waals surface area contributed by atoms with E-state index in [9.17, 15) is 14.4 Å². The molecule has 1 aliphatic carbocycles. The number of benzene rings is 2. The van der Waals surface area contributed by atoms with Gasteiger partial charge in [0, 0.05) is 16.8 Å². The van der Waals surface area contributed by atoms with Gasteiger partial charge in [-0.3, -0.25) is 14.4 Å². The van der Waals surface area contributed by atoms with Crippen molar-refractivity contribution in [2.75, 3.05) is 11.9 Å². The summed E-state index contributed by atoms with van der Waals surface area (Å²) < 4.78 is 5.16. The summed E-state index contributed by atoms with van der Waals surface area (Å²) in [7, 11) is 0. The number of nitrogens with one attached hydrogen (secondary N) is 1. The number of anilines is 1. The van der Waals surface area contributed by atoms with Gasteiger partial charge in [-0.1, -0.05) is 30.4 Å². The third-order valence-corrected chi connectivity index (χ3v) is 4.45. The zero-order valence-electron chi connectivity index (χ0n) is 14.9. The van der Waals surface area contributed by atoms with Gasteiger partial charge in [0.05, 0.1) is 5.92 Å². The molecule has 0 unspecified atom stereocenters. The highest BCUT2D eigenvalue weighted by Crippen LogP contribution is 2.19. The smallest absolute Gasteiger partial charge is 0.309 e. The van der Waals surface area contributed by atoms with Crippen LogP contribution in [0.4, 0.5) is 5.69 Å². The Bertz CT molecular complexity index is 840. The van der Waals surface area contributed by atoms with Gasteiger partial charge in [0.1, 0.15) is 0 Å². The fourth-order valence-electron chi connectivity index (χ4n) is 2.88. The summed E-state index contributed by atoms with van der Waals surface area (Å²) in [5, 5.41) is 2.78. The molecule has 1 N–H and O–H groups in total. The highest BCUT2D eigenvalue weighted by Gasteiger charge is 2.21. The van der Waals surface area contributed by atoms with Crippen LogP contribution in [0.5, 0.6) is 0 Å². The van der Waals surface area contributed by atoms with Crippen molar-refractivity contribution in [2.24, 2.45) is 5.92 Å². The largest absolute Gasteiger partial charge is 0.457 e. The van der Waals surface area contributed by atoms with Crippen LogP contribution < -0.4 is 5.32 Å². The monoisotopic (exact) mass is 363 g/mol. The molecule has 0 radical (unpaired) electrons. The predicted octanol–water partition coefficient (Wildman–Crippen LogP) is 4.02. The molecular weight excluding hydrogens is 342 g/mol. The number of hydrogen-bond donors (Lipinski definition) is 1. The molecular formula is C22H21NO4. The minimum Gasteiger partial charge on any atom is -0.457 e. The molecule has 1 aliphatic rings. The zero-order chi connectivity index (χ0) is 19.1. The molecule has 0 bridgehead atoms. The van der Waals surface area contributed by atoms with Crippen LogP contribution in [0, 0.1) is 5.92 Å². The molecule has 5 heteroatoms. The van der Waals surface area contributed by atoms with Crippen molar-refractivity contribution in [1.82, 2.24) is 0 Å². The van der Waals surface area contributed by atoms with Crippen molar-refractivity contribution >= 4 is 23.3 Å². The number of ether oxygens (including phenoxy) is 1. The van der Waals surface area contributed by atoms with Gasteiger partial charge in [-0.15, -0.1) is 0 Å². The van der Waals surface area contributed by atoms with E-state index in [0.29, 0.717) is 23.2 Å². The van der Waals surface area contributed by atoms with Gasteiger partial charge >= 0.3 is 5.97 Å². The van der Waals surface area contributed by atoms with Crippen LogP contribution >= 0.6 is 0 Å². The van der Waals surface area contributed by atoms with Gasteiger partial charge in [-0.05, 0) is 55.7 Å². The molecule has 5 nitrogen and oxygen atoms in total. The molecule has 0 aliphatic heterocycles. The lowest BCUT2D eigenvalue weighted by Crippen LogP contribution is -2.22. The van der Waals surface area contributed by atoms with E-state index in [1.54, 1.807) is 48.5 Å². The molecule has 138 valence electrons. The van der Waals surface area contributed by atoms with Crippen LogP contribution in [0.25, 0.3) is 0 Å². The third-order valence-electron chi connectivity index (χ3n) is 4.45. The average Bonchev–Trinajstić information content (AvgIpc) is 2.73. The quantitative estimate of drug-likeness (QED) is 0.478. The van der Waals surface area contributed by atoms with Crippen molar-refractivity contribution in [3.8, 4) is 0 Å². The van der Waals surface area contributed by atoms with Gasteiger partial charge < -0.3 is 10.1 Å². The molecule has 0 heterocycles. The van der Waals surface area contributed by atoms with Crippen LogP contribution in [-0.2, 0) is 9.53 Å². The predicted molar refractivity (Wildman–Crippen MR) is 103 cm³/mol. The molecule has 0 saturated carbocycles. The van der Waals surface area contributed by atoms with E-state index in [1.165, 1.54) is 0 Å². The fraction of sp³-hybridized carbons (Fsp3) is 0.227. The highest BCUT2D eigenvalue weighted by atomic mass is 16.5. The summed E-state index contributed by atoms with van der Waals surface area (Å²) in [5.74, 6) is -0.960. The number of ketones is 1. The summed E-state index contributed by atoms with van der Waals surface area (Å²) in [5.41, 5.74) is 1.58. The number of carbonyl (C=O) groups excluding carboxylic acids is 3. The number of carbonyl (C=O) groups is 3. The number of allylic oxidation sites excluding steroid dienone is 2. The highest BCUT2D eigenvalue weighted by molar-refractivity contribution is 6.04. The Morgan fingerprint density at radius 2 is 1.67 bits per heavy atom. The van der Waals surface area contributed by atoms with Gasteiger partial charge in [-0.2, -0.15) is 0 Å². The number of rotatable bonds is 6. The zero-order valence-corrected chi connectivity index (χ0v) is 14.9. The Kier molecular flexibility index (Phi) is 6.15. The summed E-state index contributed by atoms with van der Waals surface area (Å²) in [6, 6.07) is 15.4. The van der Waals surface area contributed by atoms with Crippen molar-refractivity contribution in [3.05, 3.63) is 77.9 Å². The van der Waals surface area contributed by atoms with E-state index in [1.807, 2.05) is 18.2 Å². The van der Waals surface area contributed by atoms with E-state index >= 15 is 0 Å². The lowest BCUT2D eigenvalue weighted by Gasteiger charge is -2.16. The van der Waals surface area contributed by atoms with E-state index in [-0.39, 0.29) is 30.2 Å². The van der Waals surface area contributed by atoms with Crippen LogP contribution in [0.2, 0.25) is 0 Å². The molecule has 0 saturated heterocycles. The van der Waals surface area contributed by atoms with Crippen molar-refractivity contribution in [3.63, 3.8) is 0 Å². The van der Waals surface area contributed by atoms with Gasteiger partial charge in [-0.25, -0.2) is 0 Å². The van der Waals surface area contributed by atoms with Crippen LogP contribution in [0.15, 0.2) is 66.7 Å². The van der Waals surface area contributed by atoms with Crippen molar-refractivity contribution in [1.29, 1.82) is 0 Å². The fourth-order valence-corrected chi connectivity index (χ4v) is 2.88. The summed E-state index contributed by atoms with van der Waals surface area (Å²) in [6.45, 7) is -0.269. The molecule has 1 atom stereocenters. The third kappa shape index (κ3) is 5.14. The Balaban J connectivity index is 1.52. The average molecular weight is 363 g/mol. The molecule has 0 aromatic heterocycles. The minimum atomic E-state index is -0.320. The van der Waals surface area contributed by atoms with Gasteiger partial charge in [0.25, 0.3) is 5.91 Å². The SMILES string of the molecule is O=C(COC(=O)[C@H]1CC=CCC1)c1ccc(NC(=O)c2ccccc2)cc1. The number of esters is 1. The first-order valence-corrected chi connectivity index (χ1v) is 8.95. The maximum absolute atomic E-state index is 12.2. The lowest BCUT2D eigenvalue weighted by atomic mass is 9.95. The Morgan fingerprint density at radius 3 is 2.33 bits per heavy atom.